The van der Waals surface area contributed by atoms with Crippen molar-refractivity contribution >= 4 is 17.3 Å². The Labute approximate surface area is 160 Å². The SMILES string of the molecule is CC(C)OCCCNc1cnn(C23CC4CC(CC(C4)C2)C3)c(=O)c1Cl. The average Bonchev–Trinajstić information content (AvgIpc) is 2.56. The van der Waals surface area contributed by atoms with Gasteiger partial charge in [0.2, 0.25) is 0 Å². The maximum absolute atomic E-state index is 13.0. The summed E-state index contributed by atoms with van der Waals surface area (Å²) in [6.07, 6.45) is 10.2. The van der Waals surface area contributed by atoms with Crippen molar-refractivity contribution < 1.29 is 4.74 Å². The molecule has 0 unspecified atom stereocenters. The molecule has 0 radical (unpaired) electrons. The number of aromatic nitrogens is 2. The molecule has 4 fully saturated rings. The third-order valence-electron chi connectivity index (χ3n) is 6.46. The molecule has 1 heterocycles. The third kappa shape index (κ3) is 3.40. The van der Waals surface area contributed by atoms with Gasteiger partial charge in [0.05, 0.1) is 23.5 Å². The lowest BCUT2D eigenvalue weighted by Gasteiger charge is -2.56. The molecule has 4 bridgehead atoms. The van der Waals surface area contributed by atoms with Gasteiger partial charge < -0.3 is 10.1 Å². The minimum Gasteiger partial charge on any atom is -0.382 e. The molecule has 0 spiro atoms. The van der Waals surface area contributed by atoms with E-state index >= 15 is 0 Å². The van der Waals surface area contributed by atoms with E-state index in [0.717, 1.165) is 50.0 Å². The van der Waals surface area contributed by atoms with Crippen LogP contribution in [0.4, 0.5) is 5.69 Å². The zero-order valence-electron chi connectivity index (χ0n) is 15.8. The summed E-state index contributed by atoms with van der Waals surface area (Å²) in [4.78, 5) is 13.0. The zero-order valence-corrected chi connectivity index (χ0v) is 16.6. The van der Waals surface area contributed by atoms with Gasteiger partial charge in [0.25, 0.3) is 5.56 Å². The van der Waals surface area contributed by atoms with E-state index in [0.29, 0.717) is 12.3 Å². The van der Waals surface area contributed by atoms with Gasteiger partial charge in [0.1, 0.15) is 5.02 Å². The predicted octanol–water partition coefficient (Wildman–Crippen LogP) is 4.05. The summed E-state index contributed by atoms with van der Waals surface area (Å²) in [6.45, 7) is 5.46. The average molecular weight is 380 g/mol. The van der Waals surface area contributed by atoms with E-state index in [9.17, 15) is 4.79 Å². The Bertz CT molecular complexity index is 680. The molecule has 26 heavy (non-hydrogen) atoms. The van der Waals surface area contributed by atoms with Crippen LogP contribution in [-0.2, 0) is 10.3 Å². The molecular formula is C20H30ClN3O2. The topological polar surface area (TPSA) is 56.1 Å². The fraction of sp³-hybridized carbons (Fsp3) is 0.800. The van der Waals surface area contributed by atoms with Crippen LogP contribution in [0.5, 0.6) is 0 Å². The lowest BCUT2D eigenvalue weighted by atomic mass is 9.53. The van der Waals surface area contributed by atoms with Crippen LogP contribution in [-0.4, -0.2) is 29.0 Å². The third-order valence-corrected chi connectivity index (χ3v) is 6.83. The van der Waals surface area contributed by atoms with Gasteiger partial charge in [0, 0.05) is 13.2 Å². The quantitative estimate of drug-likeness (QED) is 0.726. The van der Waals surface area contributed by atoms with Crippen LogP contribution in [0, 0.1) is 17.8 Å². The van der Waals surface area contributed by atoms with Crippen molar-refractivity contribution in [3.63, 3.8) is 0 Å². The van der Waals surface area contributed by atoms with Crippen molar-refractivity contribution in [1.82, 2.24) is 9.78 Å². The Morgan fingerprint density at radius 1 is 1.27 bits per heavy atom. The van der Waals surface area contributed by atoms with Gasteiger partial charge >= 0.3 is 0 Å². The summed E-state index contributed by atoms with van der Waals surface area (Å²) in [7, 11) is 0. The van der Waals surface area contributed by atoms with Crippen molar-refractivity contribution in [2.45, 2.75) is 70.4 Å². The first kappa shape index (κ1) is 18.3. The normalized spacial score (nSPS) is 32.4. The standard InChI is InChI=1S/C20H30ClN3O2/c1-13(2)26-5-3-4-22-17-12-23-24(19(25)18(17)21)20-9-14-6-15(10-20)8-16(7-14)11-20/h12-16,22H,3-11H2,1-2H3. The molecule has 0 saturated heterocycles. The monoisotopic (exact) mass is 379 g/mol. The number of hydrogen-bond donors (Lipinski definition) is 1. The number of nitrogens with zero attached hydrogens (tertiary/aromatic N) is 2. The van der Waals surface area contributed by atoms with Gasteiger partial charge in [-0.3, -0.25) is 4.79 Å². The smallest absolute Gasteiger partial charge is 0.288 e. The molecule has 1 aromatic rings. The van der Waals surface area contributed by atoms with E-state index in [2.05, 4.69) is 10.4 Å². The highest BCUT2D eigenvalue weighted by atomic mass is 35.5. The summed E-state index contributed by atoms with van der Waals surface area (Å²) in [5.74, 6) is 2.31. The van der Waals surface area contributed by atoms with Crippen molar-refractivity contribution in [3.05, 3.63) is 21.6 Å². The van der Waals surface area contributed by atoms with Gasteiger partial charge in [-0.1, -0.05) is 11.6 Å². The van der Waals surface area contributed by atoms with Crippen LogP contribution in [0.2, 0.25) is 5.02 Å². The second kappa shape index (κ2) is 7.16. The molecule has 5 rings (SSSR count). The Hall–Kier alpha value is -1.07. The predicted molar refractivity (Wildman–Crippen MR) is 104 cm³/mol. The molecule has 4 aliphatic carbocycles. The van der Waals surface area contributed by atoms with Gasteiger partial charge in [-0.15, -0.1) is 0 Å². The van der Waals surface area contributed by atoms with Gasteiger partial charge in [-0.2, -0.15) is 5.10 Å². The lowest BCUT2D eigenvalue weighted by Crippen LogP contribution is -2.55. The fourth-order valence-electron chi connectivity index (χ4n) is 5.83. The first-order valence-corrected chi connectivity index (χ1v) is 10.5. The number of halogens is 1. The molecule has 4 aliphatic rings. The van der Waals surface area contributed by atoms with Crippen LogP contribution in [0.3, 0.4) is 0 Å². The first-order valence-electron chi connectivity index (χ1n) is 10.1. The van der Waals surface area contributed by atoms with E-state index in [1.165, 1.54) is 19.3 Å². The highest BCUT2D eigenvalue weighted by Gasteiger charge is 2.53. The van der Waals surface area contributed by atoms with E-state index in [4.69, 9.17) is 16.3 Å². The molecule has 0 amide bonds. The van der Waals surface area contributed by atoms with E-state index in [-0.39, 0.29) is 22.2 Å². The number of ether oxygens (including phenoxy) is 1. The summed E-state index contributed by atoms with van der Waals surface area (Å²) < 4.78 is 7.28. The molecule has 4 saturated carbocycles. The van der Waals surface area contributed by atoms with Crippen LogP contribution < -0.4 is 10.9 Å². The highest BCUT2D eigenvalue weighted by Crippen LogP contribution is 2.58. The second-order valence-corrected chi connectivity index (χ2v) is 9.31. The maximum Gasteiger partial charge on any atom is 0.288 e. The molecule has 5 nitrogen and oxygen atoms in total. The van der Waals surface area contributed by atoms with Crippen molar-refractivity contribution in [3.8, 4) is 0 Å². The van der Waals surface area contributed by atoms with Crippen molar-refractivity contribution in [2.24, 2.45) is 17.8 Å². The lowest BCUT2D eigenvalue weighted by molar-refractivity contribution is -0.0518. The molecule has 0 aliphatic heterocycles. The Kier molecular flexibility index (Phi) is 5.04. The summed E-state index contributed by atoms with van der Waals surface area (Å²) in [6, 6.07) is 0. The number of hydrogen-bond acceptors (Lipinski definition) is 4. The summed E-state index contributed by atoms with van der Waals surface area (Å²) in [5, 5.41) is 8.10. The van der Waals surface area contributed by atoms with Crippen LogP contribution in [0.15, 0.2) is 11.0 Å². The zero-order chi connectivity index (χ0) is 18.3. The van der Waals surface area contributed by atoms with Crippen molar-refractivity contribution in [1.29, 1.82) is 0 Å². The number of anilines is 1. The minimum atomic E-state index is -0.128. The van der Waals surface area contributed by atoms with Crippen LogP contribution in [0.1, 0.15) is 58.8 Å². The Balaban J connectivity index is 1.47. The highest BCUT2D eigenvalue weighted by molar-refractivity contribution is 6.32. The summed E-state index contributed by atoms with van der Waals surface area (Å²) >= 11 is 6.43. The molecule has 144 valence electrons. The molecule has 1 N–H and O–H groups in total. The number of rotatable bonds is 7. The van der Waals surface area contributed by atoms with Gasteiger partial charge in [-0.25, -0.2) is 4.68 Å². The van der Waals surface area contributed by atoms with Crippen LogP contribution >= 0.6 is 11.6 Å². The van der Waals surface area contributed by atoms with Crippen LogP contribution in [0.25, 0.3) is 0 Å². The second-order valence-electron chi connectivity index (χ2n) is 8.93. The Morgan fingerprint density at radius 2 is 1.88 bits per heavy atom. The maximum atomic E-state index is 13.0. The molecular weight excluding hydrogens is 350 g/mol. The van der Waals surface area contributed by atoms with E-state index in [1.807, 2.05) is 13.8 Å². The minimum absolute atomic E-state index is 0.0842. The van der Waals surface area contributed by atoms with Gasteiger partial charge in [-0.05, 0) is 76.5 Å². The summed E-state index contributed by atoms with van der Waals surface area (Å²) in [5.41, 5.74) is 0.429. The Morgan fingerprint density at radius 3 is 2.46 bits per heavy atom. The molecule has 0 atom stereocenters. The molecule has 0 aromatic carbocycles. The number of nitrogens with one attached hydrogen (secondary N) is 1. The van der Waals surface area contributed by atoms with Crippen molar-refractivity contribution in [2.75, 3.05) is 18.5 Å². The first-order chi connectivity index (χ1) is 12.5. The van der Waals surface area contributed by atoms with E-state index in [1.54, 1.807) is 10.9 Å². The largest absolute Gasteiger partial charge is 0.382 e. The molecule has 1 aromatic heterocycles. The van der Waals surface area contributed by atoms with Gasteiger partial charge in [0.15, 0.2) is 0 Å². The molecule has 6 heteroatoms. The van der Waals surface area contributed by atoms with E-state index < -0.39 is 0 Å². The fourth-order valence-corrected chi connectivity index (χ4v) is 6.03.